The molecule has 7 nitrogen and oxygen atoms in total. The van der Waals surface area contributed by atoms with Crippen LogP contribution in [0.2, 0.25) is 0 Å². The number of carbonyl (C=O) groups excluding carboxylic acids is 1. The maximum atomic E-state index is 12.4. The molecule has 0 bridgehead atoms. The maximum Gasteiger partial charge on any atom is 0.273 e. The Labute approximate surface area is 150 Å². The highest BCUT2D eigenvalue weighted by atomic mass is 16.5. The molecule has 26 heavy (non-hydrogen) atoms. The predicted octanol–water partition coefficient (Wildman–Crippen LogP) is 3.35. The van der Waals surface area contributed by atoms with Crippen LogP contribution in [0.3, 0.4) is 0 Å². The van der Waals surface area contributed by atoms with Crippen molar-refractivity contribution in [3.05, 3.63) is 54.2 Å². The van der Waals surface area contributed by atoms with E-state index in [1.54, 1.807) is 57.7 Å². The van der Waals surface area contributed by atoms with E-state index < -0.39 is 0 Å². The molecule has 2 N–H and O–H groups in total. The Bertz CT molecular complexity index is 921. The van der Waals surface area contributed by atoms with Gasteiger partial charge in [0.1, 0.15) is 22.9 Å². The first kappa shape index (κ1) is 17.3. The number of rotatable bonds is 6. The zero-order chi connectivity index (χ0) is 18.5. The van der Waals surface area contributed by atoms with Crippen molar-refractivity contribution in [1.29, 1.82) is 0 Å². The first-order chi connectivity index (χ1) is 12.6. The quantitative estimate of drug-likeness (QED) is 0.710. The fraction of sp³-hybridized carbons (Fsp3) is 0.158. The third-order valence-corrected chi connectivity index (χ3v) is 3.83. The van der Waals surface area contributed by atoms with Crippen molar-refractivity contribution in [2.75, 3.05) is 26.6 Å². The molecule has 0 spiro atoms. The van der Waals surface area contributed by atoms with Gasteiger partial charge < -0.3 is 19.5 Å². The number of aromatic amines is 1. The molecule has 7 heteroatoms. The average Bonchev–Trinajstić information content (AvgIpc) is 3.17. The van der Waals surface area contributed by atoms with Gasteiger partial charge in [0.15, 0.2) is 0 Å². The molecule has 3 rings (SSSR count). The molecule has 1 heterocycles. The largest absolute Gasteiger partial charge is 0.497 e. The van der Waals surface area contributed by atoms with Gasteiger partial charge >= 0.3 is 0 Å². The normalized spacial score (nSPS) is 10.3. The summed E-state index contributed by atoms with van der Waals surface area (Å²) in [7, 11) is 4.73. The summed E-state index contributed by atoms with van der Waals surface area (Å²) in [6.07, 6.45) is 0. The van der Waals surface area contributed by atoms with Crippen molar-refractivity contribution in [3.63, 3.8) is 0 Å². The Balaban J connectivity index is 1.82. The minimum absolute atomic E-state index is 0.301. The van der Waals surface area contributed by atoms with Gasteiger partial charge in [0.2, 0.25) is 0 Å². The summed E-state index contributed by atoms with van der Waals surface area (Å²) in [6, 6.07) is 14.2. The third kappa shape index (κ3) is 3.61. The van der Waals surface area contributed by atoms with Crippen LogP contribution in [0.4, 0.5) is 5.69 Å². The highest BCUT2D eigenvalue weighted by Crippen LogP contribution is 2.32. The lowest BCUT2D eigenvalue weighted by Crippen LogP contribution is -2.12. The summed E-state index contributed by atoms with van der Waals surface area (Å²) in [5, 5.41) is 9.77. The Kier molecular flexibility index (Phi) is 5.07. The monoisotopic (exact) mass is 353 g/mol. The number of nitrogens with zero attached hydrogens (tertiary/aromatic N) is 1. The van der Waals surface area contributed by atoms with E-state index >= 15 is 0 Å². The van der Waals surface area contributed by atoms with Crippen molar-refractivity contribution >= 4 is 11.6 Å². The van der Waals surface area contributed by atoms with Crippen molar-refractivity contribution in [3.8, 4) is 28.5 Å². The van der Waals surface area contributed by atoms with Crippen LogP contribution in [0.5, 0.6) is 17.2 Å². The van der Waals surface area contributed by atoms with Crippen LogP contribution in [-0.2, 0) is 0 Å². The van der Waals surface area contributed by atoms with E-state index in [9.17, 15) is 4.79 Å². The van der Waals surface area contributed by atoms with Crippen LogP contribution >= 0.6 is 0 Å². The van der Waals surface area contributed by atoms with Gasteiger partial charge in [-0.15, -0.1) is 0 Å². The molecule has 134 valence electrons. The van der Waals surface area contributed by atoms with E-state index in [0.717, 1.165) is 5.56 Å². The zero-order valence-corrected chi connectivity index (χ0v) is 14.7. The van der Waals surface area contributed by atoms with Gasteiger partial charge in [-0.2, -0.15) is 5.10 Å². The van der Waals surface area contributed by atoms with Crippen LogP contribution in [0.1, 0.15) is 10.5 Å². The molecule has 0 fully saturated rings. The molecule has 0 radical (unpaired) electrons. The molecule has 0 unspecified atom stereocenters. The Morgan fingerprint density at radius 2 is 1.73 bits per heavy atom. The first-order valence-corrected chi connectivity index (χ1v) is 7.88. The first-order valence-electron chi connectivity index (χ1n) is 7.88. The van der Waals surface area contributed by atoms with Gasteiger partial charge in [0.05, 0.1) is 27.0 Å². The standard InChI is InChI=1S/C19H19N3O4/c1-24-13-6-4-5-12(9-13)20-19(23)17-11-16(21-22-17)15-8-7-14(25-2)10-18(15)26-3/h4-11H,1-3H3,(H,20,23)(H,21,22). The molecule has 3 aromatic rings. The minimum Gasteiger partial charge on any atom is -0.497 e. The van der Waals surface area contributed by atoms with E-state index in [0.29, 0.717) is 34.3 Å². The molecule has 0 aliphatic heterocycles. The third-order valence-electron chi connectivity index (χ3n) is 3.83. The van der Waals surface area contributed by atoms with Crippen molar-refractivity contribution in [2.45, 2.75) is 0 Å². The highest BCUT2D eigenvalue weighted by molar-refractivity contribution is 6.03. The van der Waals surface area contributed by atoms with Crippen LogP contribution in [0.25, 0.3) is 11.3 Å². The summed E-state index contributed by atoms with van der Waals surface area (Å²) in [5.41, 5.74) is 2.32. The highest BCUT2D eigenvalue weighted by Gasteiger charge is 2.15. The average molecular weight is 353 g/mol. The fourth-order valence-electron chi connectivity index (χ4n) is 2.49. The zero-order valence-electron chi connectivity index (χ0n) is 14.7. The summed E-state index contributed by atoms with van der Waals surface area (Å²) in [4.78, 5) is 12.4. The van der Waals surface area contributed by atoms with E-state index in [-0.39, 0.29) is 5.91 Å². The van der Waals surface area contributed by atoms with E-state index in [4.69, 9.17) is 14.2 Å². The lowest BCUT2D eigenvalue weighted by molar-refractivity contribution is 0.102. The predicted molar refractivity (Wildman–Crippen MR) is 98.1 cm³/mol. The number of benzene rings is 2. The number of hydrogen-bond donors (Lipinski definition) is 2. The number of nitrogens with one attached hydrogen (secondary N) is 2. The summed E-state index contributed by atoms with van der Waals surface area (Å²) in [6.45, 7) is 0. The number of methoxy groups -OCH3 is 3. The molecule has 0 aliphatic carbocycles. The second-order valence-electron chi connectivity index (χ2n) is 5.42. The number of carbonyl (C=O) groups is 1. The number of amides is 1. The molecule has 1 amide bonds. The second kappa shape index (κ2) is 7.60. The number of hydrogen-bond acceptors (Lipinski definition) is 5. The molecule has 0 atom stereocenters. The number of ether oxygens (including phenoxy) is 3. The number of anilines is 1. The van der Waals surface area contributed by atoms with Crippen molar-refractivity contribution in [2.24, 2.45) is 0 Å². The van der Waals surface area contributed by atoms with Gasteiger partial charge in [0, 0.05) is 23.4 Å². The lowest BCUT2D eigenvalue weighted by atomic mass is 10.1. The topological polar surface area (TPSA) is 85.5 Å². The molecular formula is C19H19N3O4. The molecule has 2 aromatic carbocycles. The smallest absolute Gasteiger partial charge is 0.273 e. The molecular weight excluding hydrogens is 334 g/mol. The van der Waals surface area contributed by atoms with E-state index in [1.807, 2.05) is 12.1 Å². The van der Waals surface area contributed by atoms with Gasteiger partial charge in [-0.3, -0.25) is 9.89 Å². The molecule has 0 saturated heterocycles. The van der Waals surface area contributed by atoms with Gasteiger partial charge in [0.25, 0.3) is 5.91 Å². The van der Waals surface area contributed by atoms with Crippen LogP contribution < -0.4 is 19.5 Å². The lowest BCUT2D eigenvalue weighted by Gasteiger charge is -2.08. The van der Waals surface area contributed by atoms with E-state index in [1.165, 1.54) is 0 Å². The Hall–Kier alpha value is -3.48. The van der Waals surface area contributed by atoms with Gasteiger partial charge in [-0.1, -0.05) is 6.07 Å². The summed E-state index contributed by atoms with van der Waals surface area (Å²) < 4.78 is 15.7. The fourth-order valence-corrected chi connectivity index (χ4v) is 2.49. The minimum atomic E-state index is -0.301. The van der Waals surface area contributed by atoms with Crippen LogP contribution in [0.15, 0.2) is 48.5 Å². The van der Waals surface area contributed by atoms with Crippen LogP contribution in [-0.4, -0.2) is 37.4 Å². The Morgan fingerprint density at radius 3 is 2.46 bits per heavy atom. The maximum absolute atomic E-state index is 12.4. The molecule has 0 saturated carbocycles. The van der Waals surface area contributed by atoms with E-state index in [2.05, 4.69) is 15.5 Å². The summed E-state index contributed by atoms with van der Waals surface area (Å²) >= 11 is 0. The van der Waals surface area contributed by atoms with Crippen molar-refractivity contribution < 1.29 is 19.0 Å². The summed E-state index contributed by atoms with van der Waals surface area (Å²) in [5.74, 6) is 1.65. The van der Waals surface area contributed by atoms with Gasteiger partial charge in [-0.05, 0) is 30.3 Å². The molecule has 1 aromatic heterocycles. The SMILES string of the molecule is COc1cccc(NC(=O)c2cc(-c3ccc(OC)cc3OC)n[nH]2)c1. The number of aromatic nitrogens is 2. The molecule has 0 aliphatic rings. The van der Waals surface area contributed by atoms with Crippen LogP contribution in [0, 0.1) is 0 Å². The number of H-pyrrole nitrogens is 1. The van der Waals surface area contributed by atoms with Gasteiger partial charge in [-0.25, -0.2) is 0 Å². The van der Waals surface area contributed by atoms with Crippen molar-refractivity contribution in [1.82, 2.24) is 10.2 Å². The Morgan fingerprint density at radius 1 is 0.962 bits per heavy atom. The second-order valence-corrected chi connectivity index (χ2v) is 5.42.